The third-order valence-electron chi connectivity index (χ3n) is 2.31. The molecule has 0 spiro atoms. The van der Waals surface area contributed by atoms with E-state index in [0.717, 1.165) is 4.88 Å². The van der Waals surface area contributed by atoms with Crippen LogP contribution in [0.25, 0.3) is 0 Å². The van der Waals surface area contributed by atoms with Crippen molar-refractivity contribution in [3.05, 3.63) is 57.5 Å². The Hall–Kier alpha value is -1.48. The molecule has 0 aliphatic rings. The van der Waals surface area contributed by atoms with Gasteiger partial charge in [-0.25, -0.2) is 4.39 Å². The lowest BCUT2D eigenvalue weighted by Gasteiger charge is -1.99. The maximum Gasteiger partial charge on any atom is 0.168 e. The highest BCUT2D eigenvalue weighted by molar-refractivity contribution is 7.10. The Morgan fingerprint density at radius 3 is 2.81 bits per heavy atom. The third-order valence-corrected chi connectivity index (χ3v) is 3.17. The second-order valence-corrected chi connectivity index (χ2v) is 4.79. The molecule has 0 saturated heterocycles. The fourth-order valence-corrected chi connectivity index (χ4v) is 2.23. The molecule has 1 aromatic carbocycles. The minimum Gasteiger partial charge on any atom is -0.294 e. The van der Waals surface area contributed by atoms with Gasteiger partial charge in [0, 0.05) is 22.2 Å². The first-order valence-electron chi connectivity index (χ1n) is 4.98. The number of ketones is 1. The summed E-state index contributed by atoms with van der Waals surface area (Å²) in [4.78, 5) is 12.9. The average Bonchev–Trinajstić information content (AvgIpc) is 2.65. The summed E-state index contributed by atoms with van der Waals surface area (Å²) in [5, 5.41) is 1.84. The number of carbonyl (C=O) groups excluding carboxylic acids is 1. The predicted molar refractivity (Wildman–Crippen MR) is 63.5 cm³/mol. The lowest BCUT2D eigenvalue weighted by Crippen LogP contribution is -2.02. The topological polar surface area (TPSA) is 17.1 Å². The van der Waals surface area contributed by atoms with E-state index in [1.54, 1.807) is 23.5 Å². The molecule has 0 saturated carbocycles. The van der Waals surface area contributed by atoms with Crippen LogP contribution in [0.15, 0.2) is 35.7 Å². The summed E-state index contributed by atoms with van der Waals surface area (Å²) in [6.45, 7) is 1.96. The highest BCUT2D eigenvalue weighted by atomic mass is 32.1. The van der Waals surface area contributed by atoms with E-state index in [-0.39, 0.29) is 18.0 Å². The maximum atomic E-state index is 12.9. The number of thiophene rings is 1. The van der Waals surface area contributed by atoms with Crippen LogP contribution in [0.2, 0.25) is 0 Å². The summed E-state index contributed by atoms with van der Waals surface area (Å²) in [6.07, 6.45) is 0.258. The van der Waals surface area contributed by atoms with Crippen molar-refractivity contribution in [1.82, 2.24) is 0 Å². The van der Waals surface area contributed by atoms with Crippen LogP contribution in [0.5, 0.6) is 0 Å². The molecule has 0 aliphatic carbocycles. The number of halogens is 1. The van der Waals surface area contributed by atoms with E-state index < -0.39 is 0 Å². The van der Waals surface area contributed by atoms with E-state index in [4.69, 9.17) is 0 Å². The predicted octanol–water partition coefficient (Wildman–Crippen LogP) is 3.62. The zero-order chi connectivity index (χ0) is 11.5. The standard InChI is InChI=1S/C13H11FOS/c1-9-5-11(8-16-9)13(15)7-10-3-2-4-12(14)6-10/h2-6,8H,7H2,1H3. The van der Waals surface area contributed by atoms with Gasteiger partial charge in [-0.3, -0.25) is 4.79 Å². The fourth-order valence-electron chi connectivity index (χ4n) is 1.52. The second kappa shape index (κ2) is 4.58. The molecular weight excluding hydrogens is 223 g/mol. The number of carbonyl (C=O) groups is 1. The minimum absolute atomic E-state index is 0.0370. The maximum absolute atomic E-state index is 12.9. The molecule has 0 aliphatic heterocycles. The van der Waals surface area contributed by atoms with E-state index in [2.05, 4.69) is 0 Å². The molecule has 1 aromatic heterocycles. The van der Waals surface area contributed by atoms with Gasteiger partial charge in [0.2, 0.25) is 0 Å². The Bertz CT molecular complexity index is 516. The molecule has 0 amide bonds. The van der Waals surface area contributed by atoms with E-state index in [0.29, 0.717) is 11.1 Å². The normalized spacial score (nSPS) is 10.4. The van der Waals surface area contributed by atoms with Gasteiger partial charge in [0.1, 0.15) is 5.82 Å². The van der Waals surface area contributed by atoms with E-state index in [1.807, 2.05) is 18.4 Å². The van der Waals surface area contributed by atoms with Crippen LogP contribution in [-0.2, 0) is 6.42 Å². The Morgan fingerprint density at radius 1 is 1.38 bits per heavy atom. The number of benzene rings is 1. The monoisotopic (exact) mass is 234 g/mol. The molecule has 2 aromatic rings. The molecule has 82 valence electrons. The molecule has 0 unspecified atom stereocenters. The van der Waals surface area contributed by atoms with E-state index >= 15 is 0 Å². The van der Waals surface area contributed by atoms with Crippen molar-refractivity contribution in [3.63, 3.8) is 0 Å². The molecule has 0 N–H and O–H groups in total. The van der Waals surface area contributed by atoms with Crippen LogP contribution in [0.3, 0.4) is 0 Å². The van der Waals surface area contributed by atoms with E-state index in [1.165, 1.54) is 12.1 Å². The minimum atomic E-state index is -0.299. The molecule has 0 fully saturated rings. The number of aryl methyl sites for hydroxylation is 1. The average molecular weight is 234 g/mol. The molecule has 3 heteroatoms. The van der Waals surface area contributed by atoms with Gasteiger partial charge in [0.25, 0.3) is 0 Å². The Kier molecular flexibility index (Phi) is 3.15. The molecule has 1 nitrogen and oxygen atoms in total. The smallest absolute Gasteiger partial charge is 0.168 e. The number of Topliss-reactive ketones (excluding diaryl/α,β-unsaturated/α-hetero) is 1. The van der Waals surface area contributed by atoms with Gasteiger partial charge in [0.05, 0.1) is 0 Å². The van der Waals surface area contributed by atoms with Crippen LogP contribution in [0.1, 0.15) is 20.8 Å². The number of rotatable bonds is 3. The summed E-state index contributed by atoms with van der Waals surface area (Å²) in [7, 11) is 0. The lowest BCUT2D eigenvalue weighted by molar-refractivity contribution is 0.0993. The van der Waals surface area contributed by atoms with Crippen molar-refractivity contribution < 1.29 is 9.18 Å². The first-order chi connectivity index (χ1) is 7.65. The zero-order valence-corrected chi connectivity index (χ0v) is 9.68. The van der Waals surface area contributed by atoms with Gasteiger partial charge in [0.15, 0.2) is 5.78 Å². The van der Waals surface area contributed by atoms with Gasteiger partial charge >= 0.3 is 0 Å². The number of hydrogen-bond donors (Lipinski definition) is 0. The van der Waals surface area contributed by atoms with Crippen molar-refractivity contribution in [2.24, 2.45) is 0 Å². The zero-order valence-electron chi connectivity index (χ0n) is 8.87. The third kappa shape index (κ3) is 2.55. The number of hydrogen-bond acceptors (Lipinski definition) is 2. The summed E-state index contributed by atoms with van der Waals surface area (Å²) >= 11 is 1.55. The van der Waals surface area contributed by atoms with Crippen LogP contribution in [-0.4, -0.2) is 5.78 Å². The van der Waals surface area contributed by atoms with Crippen LogP contribution >= 0.6 is 11.3 Å². The van der Waals surface area contributed by atoms with Crippen molar-refractivity contribution in [1.29, 1.82) is 0 Å². The first-order valence-corrected chi connectivity index (χ1v) is 5.86. The van der Waals surface area contributed by atoms with Crippen molar-refractivity contribution in [3.8, 4) is 0 Å². The molecule has 16 heavy (non-hydrogen) atoms. The Labute approximate surface area is 97.6 Å². The van der Waals surface area contributed by atoms with Crippen molar-refractivity contribution >= 4 is 17.1 Å². The molecule has 0 atom stereocenters. The van der Waals surface area contributed by atoms with Gasteiger partial charge in [-0.05, 0) is 30.7 Å². The summed E-state index contributed by atoms with van der Waals surface area (Å²) in [6, 6.07) is 8.03. The highest BCUT2D eigenvalue weighted by Crippen LogP contribution is 2.16. The first kappa shape index (κ1) is 11.0. The lowest BCUT2D eigenvalue weighted by atomic mass is 10.1. The summed E-state index contributed by atoms with van der Waals surface area (Å²) in [5.41, 5.74) is 1.43. The van der Waals surface area contributed by atoms with Gasteiger partial charge in [-0.2, -0.15) is 0 Å². The molecule has 2 rings (SSSR count). The van der Waals surface area contributed by atoms with Gasteiger partial charge < -0.3 is 0 Å². The fraction of sp³-hybridized carbons (Fsp3) is 0.154. The molecule has 1 heterocycles. The van der Waals surface area contributed by atoms with Crippen LogP contribution in [0.4, 0.5) is 4.39 Å². The molecule has 0 radical (unpaired) electrons. The van der Waals surface area contributed by atoms with Crippen LogP contribution < -0.4 is 0 Å². The Morgan fingerprint density at radius 2 is 2.19 bits per heavy atom. The van der Waals surface area contributed by atoms with Crippen LogP contribution in [0, 0.1) is 12.7 Å². The van der Waals surface area contributed by atoms with Gasteiger partial charge in [-0.1, -0.05) is 12.1 Å². The largest absolute Gasteiger partial charge is 0.294 e. The Balaban J connectivity index is 2.13. The van der Waals surface area contributed by atoms with Crippen molar-refractivity contribution in [2.75, 3.05) is 0 Å². The SMILES string of the molecule is Cc1cc(C(=O)Cc2cccc(F)c2)cs1. The molecule has 0 bridgehead atoms. The van der Waals surface area contributed by atoms with E-state index in [9.17, 15) is 9.18 Å². The highest BCUT2D eigenvalue weighted by Gasteiger charge is 2.08. The quantitative estimate of drug-likeness (QED) is 0.741. The summed E-state index contributed by atoms with van der Waals surface area (Å²) < 4.78 is 12.9. The second-order valence-electron chi connectivity index (χ2n) is 3.68. The summed E-state index contributed by atoms with van der Waals surface area (Å²) in [5.74, 6) is -0.262. The molecular formula is C13H11FOS. The van der Waals surface area contributed by atoms with Gasteiger partial charge in [-0.15, -0.1) is 11.3 Å². The van der Waals surface area contributed by atoms with Crippen molar-refractivity contribution in [2.45, 2.75) is 13.3 Å².